The maximum Gasteiger partial charge on any atom is 0.310 e. The molecule has 0 unspecified atom stereocenters. The van der Waals surface area contributed by atoms with Gasteiger partial charge in [0.2, 0.25) is 12.5 Å². The lowest BCUT2D eigenvalue weighted by Gasteiger charge is -2.39. The van der Waals surface area contributed by atoms with E-state index < -0.39 is 40.6 Å². The fraction of sp³-hybridized carbons (Fsp3) is 0.281. The third-order valence-electron chi connectivity index (χ3n) is 8.63. The first-order valence-electron chi connectivity index (χ1n) is 14.2. The van der Waals surface area contributed by atoms with Crippen LogP contribution in [0.25, 0.3) is 11.3 Å². The Labute approximate surface area is 261 Å². The summed E-state index contributed by atoms with van der Waals surface area (Å²) in [5, 5.41) is 18.0. The number of rotatable bonds is 8. The third-order valence-corrected chi connectivity index (χ3v) is 8.63. The number of hydrogen-bond donors (Lipinski definition) is 1. The second-order valence-electron chi connectivity index (χ2n) is 10.9. The Morgan fingerprint density at radius 2 is 1.61 bits per heavy atom. The molecular weight excluding hydrogens is 602 g/mol. The van der Waals surface area contributed by atoms with Crippen LogP contribution in [0.4, 0.5) is 5.69 Å². The molecule has 3 heterocycles. The molecule has 4 atom stereocenters. The molecule has 46 heavy (non-hydrogen) atoms. The minimum Gasteiger partial charge on any atom is -0.493 e. The van der Waals surface area contributed by atoms with Crippen molar-refractivity contribution in [3.63, 3.8) is 0 Å². The van der Waals surface area contributed by atoms with E-state index in [9.17, 15) is 19.7 Å². The number of carbonyl (C=O) groups is 2. The molecule has 2 aliphatic heterocycles. The number of aromatic nitrogens is 1. The number of esters is 1. The Morgan fingerprint density at radius 1 is 0.935 bits per heavy atom. The maximum atomic E-state index is 13.7. The van der Waals surface area contributed by atoms with Crippen LogP contribution < -0.4 is 29.0 Å². The first kappa shape index (κ1) is 29.0. The van der Waals surface area contributed by atoms with Gasteiger partial charge in [-0.25, -0.2) is 0 Å². The molecule has 4 aromatic rings. The second-order valence-corrected chi connectivity index (χ2v) is 10.9. The first-order chi connectivity index (χ1) is 22.3. The average molecular weight is 630 g/mol. The van der Waals surface area contributed by atoms with E-state index in [0.29, 0.717) is 34.3 Å². The number of nitrogens with zero attached hydrogens (tertiary/aromatic N) is 2. The van der Waals surface area contributed by atoms with Gasteiger partial charge < -0.3 is 38.3 Å². The van der Waals surface area contributed by atoms with Gasteiger partial charge in [0.05, 0.1) is 44.8 Å². The molecule has 14 heteroatoms. The maximum absolute atomic E-state index is 13.7. The molecule has 1 aromatic heterocycles. The topological polar surface area (TPSA) is 171 Å². The van der Waals surface area contributed by atoms with E-state index in [1.807, 2.05) is 12.1 Å². The quantitative estimate of drug-likeness (QED) is 0.166. The lowest BCUT2D eigenvalue weighted by molar-refractivity contribution is -0.384. The van der Waals surface area contributed by atoms with Crippen molar-refractivity contribution in [3.05, 3.63) is 87.1 Å². The van der Waals surface area contributed by atoms with Gasteiger partial charge in [-0.05, 0) is 53.1 Å². The van der Waals surface area contributed by atoms with E-state index in [-0.39, 0.29) is 30.5 Å². The molecule has 0 spiro atoms. The van der Waals surface area contributed by atoms with Gasteiger partial charge in [-0.15, -0.1) is 0 Å². The van der Waals surface area contributed by atoms with Gasteiger partial charge in [-0.3, -0.25) is 19.7 Å². The Bertz CT molecular complexity index is 1840. The van der Waals surface area contributed by atoms with Crippen molar-refractivity contribution in [2.24, 2.45) is 11.8 Å². The van der Waals surface area contributed by atoms with Crippen LogP contribution in [0.15, 0.2) is 59.1 Å². The van der Waals surface area contributed by atoms with Crippen molar-refractivity contribution >= 4 is 17.6 Å². The number of amides is 1. The molecule has 7 rings (SSSR count). The highest BCUT2D eigenvalue weighted by molar-refractivity contribution is 5.93. The third kappa shape index (κ3) is 4.69. The van der Waals surface area contributed by atoms with Crippen molar-refractivity contribution < 1.29 is 47.5 Å². The number of nitro benzene ring substituents is 1. The molecule has 236 valence electrons. The minimum absolute atomic E-state index is 0.0100. The van der Waals surface area contributed by atoms with Crippen LogP contribution in [0.3, 0.4) is 0 Å². The zero-order valence-corrected chi connectivity index (χ0v) is 24.8. The summed E-state index contributed by atoms with van der Waals surface area (Å²) in [6, 6.07) is 13.7. The molecule has 14 nitrogen and oxygen atoms in total. The van der Waals surface area contributed by atoms with E-state index in [1.165, 1.54) is 51.7 Å². The lowest BCUT2D eigenvalue weighted by Crippen LogP contribution is -2.43. The summed E-state index contributed by atoms with van der Waals surface area (Å²) in [6.45, 7) is 0.0967. The molecule has 3 aliphatic rings. The molecule has 1 aliphatic carbocycles. The lowest BCUT2D eigenvalue weighted by atomic mass is 9.65. The SMILES string of the molecule is COc1cc([C@@H]2c3cc4c(cc3[C@@H](NC(=O)c3cc(-c5ccc([N+](=O)[O-])cc5)on3)[C@H]3COC(=O)[C@H]23)OCO4)cc(OC)c1OC. The van der Waals surface area contributed by atoms with Gasteiger partial charge in [0, 0.05) is 35.6 Å². The van der Waals surface area contributed by atoms with Crippen LogP contribution in [-0.4, -0.2) is 56.7 Å². The summed E-state index contributed by atoms with van der Waals surface area (Å²) in [5.74, 6) is -0.0973. The fourth-order valence-electron chi connectivity index (χ4n) is 6.51. The number of carbonyl (C=O) groups excluding carboxylic acids is 2. The Hall–Kier alpha value is -5.79. The van der Waals surface area contributed by atoms with Crippen molar-refractivity contribution in [1.82, 2.24) is 10.5 Å². The second kappa shape index (κ2) is 11.3. The van der Waals surface area contributed by atoms with Crippen molar-refractivity contribution in [2.75, 3.05) is 34.7 Å². The zero-order chi connectivity index (χ0) is 32.1. The van der Waals surface area contributed by atoms with Crippen LogP contribution >= 0.6 is 0 Å². The van der Waals surface area contributed by atoms with Crippen molar-refractivity contribution in [2.45, 2.75) is 12.0 Å². The van der Waals surface area contributed by atoms with E-state index in [0.717, 1.165) is 16.7 Å². The monoisotopic (exact) mass is 629 g/mol. The van der Waals surface area contributed by atoms with Crippen LogP contribution in [0.2, 0.25) is 0 Å². The van der Waals surface area contributed by atoms with Crippen LogP contribution in [0.1, 0.15) is 39.1 Å². The summed E-state index contributed by atoms with van der Waals surface area (Å²) in [7, 11) is 4.55. The summed E-state index contributed by atoms with van der Waals surface area (Å²) in [5.41, 5.74) is 2.59. The molecule has 0 saturated carbocycles. The van der Waals surface area contributed by atoms with Crippen molar-refractivity contribution in [3.8, 4) is 40.1 Å². The fourth-order valence-corrected chi connectivity index (χ4v) is 6.51. The molecule has 1 amide bonds. The Kier molecular flexibility index (Phi) is 7.11. The summed E-state index contributed by atoms with van der Waals surface area (Å²) in [6.07, 6.45) is 0. The number of methoxy groups -OCH3 is 3. The number of ether oxygens (including phenoxy) is 6. The van der Waals surface area contributed by atoms with Crippen LogP contribution in [0, 0.1) is 22.0 Å². The smallest absolute Gasteiger partial charge is 0.310 e. The summed E-state index contributed by atoms with van der Waals surface area (Å²) < 4.78 is 39.2. The largest absolute Gasteiger partial charge is 0.493 e. The van der Waals surface area contributed by atoms with Gasteiger partial charge in [0.1, 0.15) is 0 Å². The van der Waals surface area contributed by atoms with Gasteiger partial charge in [-0.1, -0.05) is 5.16 Å². The summed E-state index contributed by atoms with van der Waals surface area (Å²) >= 11 is 0. The number of nitro groups is 1. The van der Waals surface area contributed by atoms with Gasteiger partial charge in [-0.2, -0.15) is 0 Å². The number of cyclic esters (lactones) is 1. The normalized spacial score (nSPS) is 20.7. The van der Waals surface area contributed by atoms with E-state index in [4.69, 9.17) is 32.9 Å². The van der Waals surface area contributed by atoms with Crippen LogP contribution in [-0.2, 0) is 9.53 Å². The van der Waals surface area contributed by atoms with Gasteiger partial charge in [0.15, 0.2) is 34.5 Å². The zero-order valence-electron chi connectivity index (χ0n) is 24.8. The first-order valence-corrected chi connectivity index (χ1v) is 14.2. The molecule has 0 bridgehead atoms. The Balaban J connectivity index is 1.28. The van der Waals surface area contributed by atoms with E-state index in [2.05, 4.69) is 10.5 Å². The Morgan fingerprint density at radius 3 is 2.24 bits per heavy atom. The molecule has 1 saturated heterocycles. The van der Waals surface area contributed by atoms with E-state index >= 15 is 0 Å². The number of benzene rings is 3. The number of non-ortho nitro benzene ring substituents is 1. The minimum atomic E-state index is -0.686. The molecule has 1 N–H and O–H groups in total. The predicted octanol–water partition coefficient (Wildman–Crippen LogP) is 4.41. The molecule has 3 aromatic carbocycles. The van der Waals surface area contributed by atoms with Gasteiger partial charge in [0.25, 0.3) is 11.6 Å². The highest BCUT2D eigenvalue weighted by Gasteiger charge is 2.53. The average Bonchev–Trinajstić information content (AvgIpc) is 3.84. The molecule has 0 radical (unpaired) electrons. The number of hydrogen-bond acceptors (Lipinski definition) is 12. The summed E-state index contributed by atoms with van der Waals surface area (Å²) in [4.78, 5) is 37.6. The highest BCUT2D eigenvalue weighted by atomic mass is 16.7. The highest BCUT2D eigenvalue weighted by Crippen LogP contribution is 2.55. The van der Waals surface area contributed by atoms with Crippen molar-refractivity contribution in [1.29, 1.82) is 0 Å². The number of fused-ring (bicyclic) bond motifs is 3. The molecular formula is C32H27N3O11. The van der Waals surface area contributed by atoms with Gasteiger partial charge >= 0.3 is 5.97 Å². The standard InChI is InChI=1S/C32H27N3O11/c1-40-25-8-16(9-26(41-2)30(25)42-3)27-18-10-23-24(45-14-44-23)11-19(18)29(20-13-43-32(37)28(20)27)33-31(36)21-12-22(46-34-21)15-4-6-17(7-5-15)35(38)39/h4-12,20,27-29H,13-14H2,1-3H3,(H,33,36)/t20-,27+,28-,29+/m0/s1. The van der Waals surface area contributed by atoms with E-state index in [1.54, 1.807) is 12.1 Å². The van der Waals surface area contributed by atoms with Crippen LogP contribution in [0.5, 0.6) is 28.7 Å². The molecule has 1 fully saturated rings. The predicted molar refractivity (Wildman–Crippen MR) is 157 cm³/mol. The number of nitrogens with one attached hydrogen (secondary N) is 1.